The van der Waals surface area contributed by atoms with Gasteiger partial charge in [0.15, 0.2) is 11.3 Å². The highest BCUT2D eigenvalue weighted by Crippen LogP contribution is 2.25. The monoisotopic (exact) mass is 337 g/mol. The maximum absolute atomic E-state index is 12.5. The number of hydrogen-bond donors (Lipinski definition) is 1. The second kappa shape index (κ2) is 7.21. The number of benzene rings is 2. The van der Waals surface area contributed by atoms with Crippen LogP contribution in [0.15, 0.2) is 63.8 Å². The number of nitrogens with one attached hydrogen (secondary N) is 1. The Bertz CT molecular complexity index is 947. The van der Waals surface area contributed by atoms with Crippen molar-refractivity contribution in [3.8, 4) is 5.75 Å². The fourth-order valence-electron chi connectivity index (χ4n) is 2.64. The second-order valence-corrected chi connectivity index (χ2v) is 5.66. The standard InChI is InChI=1S/C20H19NO4/c1-3-24-17-11-7-10-15-12-16(20(23)25-18(15)17)19(22)21-13(2)14-8-5-4-6-9-14/h4-13H,3H2,1-2H3,(H,21,22)/t13-/m0/s1. The van der Waals surface area contributed by atoms with Crippen molar-refractivity contribution in [1.82, 2.24) is 5.32 Å². The summed E-state index contributed by atoms with van der Waals surface area (Å²) in [4.78, 5) is 24.8. The molecule has 25 heavy (non-hydrogen) atoms. The zero-order valence-electron chi connectivity index (χ0n) is 14.1. The highest BCUT2D eigenvalue weighted by molar-refractivity contribution is 5.97. The zero-order valence-corrected chi connectivity index (χ0v) is 14.1. The van der Waals surface area contributed by atoms with Crippen LogP contribution in [0, 0.1) is 0 Å². The van der Waals surface area contributed by atoms with Crippen LogP contribution >= 0.6 is 0 Å². The highest BCUT2D eigenvalue weighted by atomic mass is 16.5. The Morgan fingerprint density at radius 3 is 2.64 bits per heavy atom. The molecule has 1 heterocycles. The Balaban J connectivity index is 1.92. The summed E-state index contributed by atoms with van der Waals surface area (Å²) in [5.41, 5.74) is 0.600. The summed E-state index contributed by atoms with van der Waals surface area (Å²) < 4.78 is 10.8. The Kier molecular flexibility index (Phi) is 4.84. The van der Waals surface area contributed by atoms with Crippen LogP contribution < -0.4 is 15.7 Å². The van der Waals surface area contributed by atoms with E-state index in [9.17, 15) is 9.59 Å². The molecular weight excluding hydrogens is 318 g/mol. The van der Waals surface area contributed by atoms with Gasteiger partial charge in [0.2, 0.25) is 0 Å². The molecule has 128 valence electrons. The van der Waals surface area contributed by atoms with Gasteiger partial charge in [0.05, 0.1) is 12.6 Å². The van der Waals surface area contributed by atoms with Gasteiger partial charge in [-0.05, 0) is 31.5 Å². The molecule has 0 radical (unpaired) electrons. The Labute approximate surface area is 145 Å². The molecule has 0 saturated heterocycles. The molecular formula is C20H19NO4. The minimum absolute atomic E-state index is 0.0241. The summed E-state index contributed by atoms with van der Waals surface area (Å²) in [6, 6.07) is 16.2. The topological polar surface area (TPSA) is 68.5 Å². The largest absolute Gasteiger partial charge is 0.490 e. The number of carbonyl (C=O) groups is 1. The van der Waals surface area contributed by atoms with Gasteiger partial charge in [-0.1, -0.05) is 42.5 Å². The first-order valence-corrected chi connectivity index (χ1v) is 8.15. The molecule has 1 N–H and O–H groups in total. The molecule has 0 saturated carbocycles. The lowest BCUT2D eigenvalue weighted by Crippen LogP contribution is -2.30. The SMILES string of the molecule is CCOc1cccc2cc(C(=O)N[C@@H](C)c3ccccc3)c(=O)oc12. The summed E-state index contributed by atoms with van der Waals surface area (Å²) in [6.45, 7) is 4.17. The van der Waals surface area contributed by atoms with Gasteiger partial charge < -0.3 is 14.5 Å². The van der Waals surface area contributed by atoms with Crippen LogP contribution in [0.4, 0.5) is 0 Å². The normalized spacial score (nSPS) is 11.9. The van der Waals surface area contributed by atoms with Gasteiger partial charge in [-0.15, -0.1) is 0 Å². The van der Waals surface area contributed by atoms with Crippen LogP contribution in [0.5, 0.6) is 5.75 Å². The van der Waals surface area contributed by atoms with Crippen molar-refractivity contribution in [2.45, 2.75) is 19.9 Å². The first-order chi connectivity index (χ1) is 12.1. The summed E-state index contributed by atoms with van der Waals surface area (Å²) >= 11 is 0. The maximum atomic E-state index is 12.5. The summed E-state index contributed by atoms with van der Waals surface area (Å²) in [5, 5.41) is 3.47. The maximum Gasteiger partial charge on any atom is 0.349 e. The minimum Gasteiger partial charge on any atom is -0.490 e. The average Bonchev–Trinajstić information content (AvgIpc) is 2.62. The average molecular weight is 337 g/mol. The Hall–Kier alpha value is -3.08. The summed E-state index contributed by atoms with van der Waals surface area (Å²) in [5.74, 6) is 0.0236. The first-order valence-electron chi connectivity index (χ1n) is 8.15. The quantitative estimate of drug-likeness (QED) is 0.721. The lowest BCUT2D eigenvalue weighted by molar-refractivity contribution is 0.0936. The lowest BCUT2D eigenvalue weighted by Gasteiger charge is -2.14. The van der Waals surface area contributed by atoms with E-state index in [1.165, 1.54) is 6.07 Å². The molecule has 1 atom stereocenters. The van der Waals surface area contributed by atoms with Crippen LogP contribution in [0.25, 0.3) is 11.0 Å². The number of para-hydroxylation sites is 1. The highest BCUT2D eigenvalue weighted by Gasteiger charge is 2.17. The Morgan fingerprint density at radius 1 is 1.16 bits per heavy atom. The number of amides is 1. The van der Waals surface area contributed by atoms with Crippen molar-refractivity contribution in [2.24, 2.45) is 0 Å². The van der Waals surface area contributed by atoms with Gasteiger partial charge in [0.1, 0.15) is 5.56 Å². The molecule has 0 spiro atoms. The molecule has 0 aliphatic rings. The van der Waals surface area contributed by atoms with E-state index in [0.717, 1.165) is 5.56 Å². The molecule has 0 fully saturated rings. The molecule has 0 aliphatic heterocycles. The number of rotatable bonds is 5. The predicted molar refractivity (Wildman–Crippen MR) is 96.0 cm³/mol. The molecule has 0 unspecified atom stereocenters. The van der Waals surface area contributed by atoms with Gasteiger partial charge in [-0.3, -0.25) is 4.79 Å². The molecule has 1 amide bonds. The van der Waals surface area contributed by atoms with Gasteiger partial charge in [-0.2, -0.15) is 0 Å². The molecule has 3 rings (SSSR count). The Morgan fingerprint density at radius 2 is 1.92 bits per heavy atom. The van der Waals surface area contributed by atoms with Crippen LogP contribution in [-0.2, 0) is 0 Å². The third-order valence-electron chi connectivity index (χ3n) is 3.92. The molecule has 1 aromatic heterocycles. The molecule has 0 aliphatic carbocycles. The van der Waals surface area contributed by atoms with Crippen LogP contribution in [0.2, 0.25) is 0 Å². The van der Waals surface area contributed by atoms with Gasteiger partial charge in [-0.25, -0.2) is 4.79 Å². The number of fused-ring (bicyclic) bond motifs is 1. The molecule has 0 bridgehead atoms. The smallest absolute Gasteiger partial charge is 0.349 e. The van der Waals surface area contributed by atoms with E-state index in [4.69, 9.17) is 9.15 Å². The van der Waals surface area contributed by atoms with Gasteiger partial charge >= 0.3 is 5.63 Å². The van der Waals surface area contributed by atoms with Gasteiger partial charge in [0.25, 0.3) is 5.91 Å². The number of carbonyl (C=O) groups excluding carboxylic acids is 1. The second-order valence-electron chi connectivity index (χ2n) is 5.66. The van der Waals surface area contributed by atoms with E-state index >= 15 is 0 Å². The van der Waals surface area contributed by atoms with Crippen molar-refractivity contribution in [1.29, 1.82) is 0 Å². The number of hydrogen-bond acceptors (Lipinski definition) is 4. The van der Waals surface area contributed by atoms with Crippen LogP contribution in [-0.4, -0.2) is 12.5 Å². The van der Waals surface area contributed by atoms with E-state index in [1.807, 2.05) is 44.2 Å². The molecule has 5 heteroatoms. The third kappa shape index (κ3) is 3.55. The predicted octanol–water partition coefficient (Wildman–Crippen LogP) is 3.68. The van der Waals surface area contributed by atoms with E-state index in [1.54, 1.807) is 18.2 Å². The number of ether oxygens (including phenoxy) is 1. The van der Waals surface area contributed by atoms with Gasteiger partial charge in [0, 0.05) is 5.39 Å². The molecule has 3 aromatic rings. The van der Waals surface area contributed by atoms with Crippen molar-refractivity contribution in [2.75, 3.05) is 6.61 Å². The van der Waals surface area contributed by atoms with Crippen LogP contribution in [0.1, 0.15) is 35.8 Å². The van der Waals surface area contributed by atoms with E-state index in [0.29, 0.717) is 23.3 Å². The first kappa shape index (κ1) is 16.8. The van der Waals surface area contributed by atoms with Crippen LogP contribution in [0.3, 0.4) is 0 Å². The third-order valence-corrected chi connectivity index (χ3v) is 3.92. The lowest BCUT2D eigenvalue weighted by atomic mass is 10.1. The van der Waals surface area contributed by atoms with Crippen molar-refractivity contribution >= 4 is 16.9 Å². The molecule has 5 nitrogen and oxygen atoms in total. The van der Waals surface area contributed by atoms with E-state index in [2.05, 4.69) is 5.32 Å². The zero-order chi connectivity index (χ0) is 17.8. The summed E-state index contributed by atoms with van der Waals surface area (Å²) in [7, 11) is 0. The van der Waals surface area contributed by atoms with Crippen molar-refractivity contribution in [3.05, 3.63) is 76.1 Å². The fourth-order valence-corrected chi connectivity index (χ4v) is 2.64. The van der Waals surface area contributed by atoms with Crippen molar-refractivity contribution in [3.63, 3.8) is 0 Å². The summed E-state index contributed by atoms with van der Waals surface area (Å²) in [6.07, 6.45) is 0. The molecule has 2 aromatic carbocycles. The van der Waals surface area contributed by atoms with E-state index < -0.39 is 11.5 Å². The fraction of sp³-hybridized carbons (Fsp3) is 0.200. The minimum atomic E-state index is -0.683. The van der Waals surface area contributed by atoms with Crippen molar-refractivity contribution < 1.29 is 13.9 Å². The van der Waals surface area contributed by atoms with E-state index in [-0.39, 0.29) is 11.6 Å².